The summed E-state index contributed by atoms with van der Waals surface area (Å²) in [6, 6.07) is 29.2. The first-order valence-electron chi connectivity index (χ1n) is 14.1. The second-order valence-corrected chi connectivity index (χ2v) is 12.4. The largest absolute Gasteiger partial charge is 0.503 e. The lowest BCUT2D eigenvalue weighted by Gasteiger charge is -2.24. The minimum Gasteiger partial charge on any atom is -0.503 e. The van der Waals surface area contributed by atoms with Crippen LogP contribution in [0.25, 0.3) is 21.7 Å². The summed E-state index contributed by atoms with van der Waals surface area (Å²) < 4.78 is 12.1. The van der Waals surface area contributed by atoms with Crippen molar-refractivity contribution in [2.45, 2.75) is 16.1 Å². The van der Waals surface area contributed by atoms with Crippen LogP contribution < -0.4 is 9.64 Å². The average Bonchev–Trinajstić information content (AvgIpc) is 3.79. The van der Waals surface area contributed by atoms with Gasteiger partial charge < -0.3 is 14.3 Å². The van der Waals surface area contributed by atoms with Crippen LogP contribution in [0, 0.1) is 0 Å². The van der Waals surface area contributed by atoms with Gasteiger partial charge in [0.05, 0.1) is 11.6 Å². The van der Waals surface area contributed by atoms with E-state index in [0.717, 1.165) is 21.7 Å². The zero-order valence-electron chi connectivity index (χ0n) is 23.8. The molecule has 1 aliphatic rings. The van der Waals surface area contributed by atoms with Crippen LogP contribution in [0.2, 0.25) is 0 Å². The van der Waals surface area contributed by atoms with Crippen molar-refractivity contribution in [2.24, 2.45) is 0 Å². The summed E-state index contributed by atoms with van der Waals surface area (Å²) in [5, 5.41) is 23.2. The van der Waals surface area contributed by atoms with Gasteiger partial charge in [-0.05, 0) is 46.2 Å². The predicted octanol–water partition coefficient (Wildman–Crippen LogP) is 8.08. The van der Waals surface area contributed by atoms with Gasteiger partial charge in [0.1, 0.15) is 17.9 Å². The second-order valence-electron chi connectivity index (χ2n) is 10.3. The van der Waals surface area contributed by atoms with Gasteiger partial charge in [-0.3, -0.25) is 14.5 Å². The molecule has 10 heteroatoms. The van der Waals surface area contributed by atoms with Crippen LogP contribution in [0.3, 0.4) is 0 Å². The molecule has 0 saturated heterocycles. The molecular weight excluding hydrogens is 607 g/mol. The molecule has 0 spiro atoms. The number of ketones is 1. The number of nitrogens with zero attached hydrogens (tertiary/aromatic N) is 3. The van der Waals surface area contributed by atoms with Crippen LogP contribution in [-0.2, 0) is 10.5 Å². The number of aliphatic hydroxyl groups is 1. The van der Waals surface area contributed by atoms with E-state index in [2.05, 4.69) is 41.0 Å². The van der Waals surface area contributed by atoms with Gasteiger partial charge in [-0.1, -0.05) is 109 Å². The smallest absolute Gasteiger partial charge is 0.296 e. The summed E-state index contributed by atoms with van der Waals surface area (Å²) in [5.74, 6) is -0.723. The quantitative estimate of drug-likeness (QED) is 0.0700. The van der Waals surface area contributed by atoms with Crippen LogP contribution in [0.4, 0.5) is 5.13 Å². The molecule has 45 heavy (non-hydrogen) atoms. The highest BCUT2D eigenvalue weighted by Gasteiger charge is 2.46. The van der Waals surface area contributed by atoms with Crippen molar-refractivity contribution in [2.75, 3.05) is 11.5 Å². The van der Waals surface area contributed by atoms with E-state index in [0.29, 0.717) is 33.6 Å². The third-order valence-corrected chi connectivity index (χ3v) is 9.60. The Hall–Kier alpha value is -5.19. The maximum Gasteiger partial charge on any atom is 0.296 e. The lowest BCUT2D eigenvalue weighted by Crippen LogP contribution is -2.31. The van der Waals surface area contributed by atoms with Crippen molar-refractivity contribution < 1.29 is 23.8 Å². The van der Waals surface area contributed by atoms with Gasteiger partial charge in [0.2, 0.25) is 10.9 Å². The van der Waals surface area contributed by atoms with Crippen molar-refractivity contribution in [1.82, 2.24) is 10.2 Å². The molecule has 3 heterocycles. The number of carbonyl (C=O) groups is 2. The number of Topliss-reactive ketones (excluding diaryl/α,β-unsaturated/α-hetero) is 1. The van der Waals surface area contributed by atoms with Gasteiger partial charge in [-0.25, -0.2) is 0 Å². The molecule has 1 atom stereocenters. The minimum absolute atomic E-state index is 0.0203. The number of rotatable bonds is 10. The first-order valence-corrected chi connectivity index (χ1v) is 15.9. The Morgan fingerprint density at radius 1 is 1.00 bits per heavy atom. The third-order valence-electron chi connectivity index (χ3n) is 7.50. The summed E-state index contributed by atoms with van der Waals surface area (Å²) in [7, 11) is 0. The zero-order valence-corrected chi connectivity index (χ0v) is 25.4. The van der Waals surface area contributed by atoms with Crippen LogP contribution >= 0.6 is 23.1 Å². The Morgan fingerprint density at radius 2 is 1.76 bits per heavy atom. The number of benzene rings is 4. The number of aliphatic hydroxyl groups excluding tert-OH is 1. The molecule has 8 nitrogen and oxygen atoms in total. The fourth-order valence-electron chi connectivity index (χ4n) is 5.39. The molecule has 0 saturated carbocycles. The summed E-state index contributed by atoms with van der Waals surface area (Å²) in [6.45, 7) is 4.00. The Labute approximate surface area is 266 Å². The van der Waals surface area contributed by atoms with Crippen molar-refractivity contribution in [1.29, 1.82) is 0 Å². The predicted molar refractivity (Wildman–Crippen MR) is 176 cm³/mol. The van der Waals surface area contributed by atoms with E-state index in [9.17, 15) is 14.7 Å². The lowest BCUT2D eigenvalue weighted by atomic mass is 9.95. The Kier molecular flexibility index (Phi) is 7.66. The maximum atomic E-state index is 14.0. The fourth-order valence-corrected chi connectivity index (χ4v) is 7.27. The molecule has 0 bridgehead atoms. The van der Waals surface area contributed by atoms with Crippen LogP contribution in [0.5, 0.6) is 5.75 Å². The second kappa shape index (κ2) is 12.1. The van der Waals surface area contributed by atoms with E-state index in [1.807, 2.05) is 36.4 Å². The molecular formula is C35H25N3O5S2. The highest BCUT2D eigenvalue weighted by Crippen LogP contribution is 2.44. The van der Waals surface area contributed by atoms with E-state index in [-0.39, 0.29) is 16.5 Å². The molecule has 0 fully saturated rings. The number of ether oxygens (including phenoxy) is 1. The zero-order chi connectivity index (χ0) is 30.9. The number of carbonyl (C=O) groups excluding carboxylic acids is 2. The average molecular weight is 632 g/mol. The molecule has 222 valence electrons. The lowest BCUT2D eigenvalue weighted by molar-refractivity contribution is -0.117. The summed E-state index contributed by atoms with van der Waals surface area (Å²) in [6.07, 6.45) is 1.64. The summed E-state index contributed by atoms with van der Waals surface area (Å²) in [4.78, 5) is 29.0. The Bertz CT molecular complexity index is 2080. The van der Waals surface area contributed by atoms with Crippen LogP contribution in [0.1, 0.15) is 27.7 Å². The molecule has 0 unspecified atom stereocenters. The standard InChI is InChI=1S/C35H25N3O5S2/c1-2-18-42-25-16-14-22(15-17-25)30-29(31(39)28-19-23-9-4-6-13-27(23)43-28)32(40)33(41)38(30)34-36-37-35(45-34)44-20-24-11-7-10-21-8-3-5-12-26(21)24/h2-17,19,30,40H,1,18,20H2/t30-/m1/s1. The van der Waals surface area contributed by atoms with E-state index in [1.54, 1.807) is 42.5 Å². The number of aromatic nitrogens is 2. The number of hydrogen-bond acceptors (Lipinski definition) is 9. The van der Waals surface area contributed by atoms with Crippen molar-refractivity contribution in [3.8, 4) is 5.75 Å². The topological polar surface area (TPSA) is 106 Å². The summed E-state index contributed by atoms with van der Waals surface area (Å²) >= 11 is 2.73. The molecule has 1 aliphatic heterocycles. The van der Waals surface area contributed by atoms with Gasteiger partial charge >= 0.3 is 0 Å². The first-order chi connectivity index (χ1) is 22.0. The first kappa shape index (κ1) is 28.6. The number of hydrogen-bond donors (Lipinski definition) is 1. The van der Waals surface area contributed by atoms with E-state index in [4.69, 9.17) is 9.15 Å². The number of para-hydroxylation sites is 1. The van der Waals surface area contributed by atoms with Gasteiger partial charge in [0.25, 0.3) is 5.91 Å². The molecule has 6 aromatic rings. The highest BCUT2D eigenvalue weighted by molar-refractivity contribution is 8.00. The molecule has 4 aromatic carbocycles. The third kappa shape index (κ3) is 5.39. The van der Waals surface area contributed by atoms with E-state index in [1.165, 1.54) is 28.0 Å². The van der Waals surface area contributed by atoms with Gasteiger partial charge in [-0.15, -0.1) is 10.2 Å². The van der Waals surface area contributed by atoms with Gasteiger partial charge in [0.15, 0.2) is 15.9 Å². The van der Waals surface area contributed by atoms with Gasteiger partial charge in [0, 0.05) is 11.1 Å². The summed E-state index contributed by atoms with van der Waals surface area (Å²) in [5.41, 5.74) is 2.16. The van der Waals surface area contributed by atoms with E-state index >= 15 is 0 Å². The fraction of sp³-hybridized carbons (Fsp3) is 0.0857. The van der Waals surface area contributed by atoms with Crippen molar-refractivity contribution in [3.63, 3.8) is 0 Å². The van der Waals surface area contributed by atoms with Crippen LogP contribution in [-0.4, -0.2) is 33.6 Å². The molecule has 1 N–H and O–H groups in total. The Morgan fingerprint density at radius 3 is 2.56 bits per heavy atom. The molecule has 2 aromatic heterocycles. The number of thioether (sulfide) groups is 1. The Balaban J connectivity index is 1.23. The SMILES string of the molecule is C=CCOc1ccc([C@@H]2C(C(=O)c3cc4ccccc4o3)=C(O)C(=O)N2c2nnc(SCc3cccc4ccccc34)s2)cc1. The van der Waals surface area contributed by atoms with Crippen LogP contribution in [0.15, 0.2) is 130 Å². The van der Waals surface area contributed by atoms with Gasteiger partial charge in [-0.2, -0.15) is 0 Å². The number of furan rings is 1. The van der Waals surface area contributed by atoms with E-state index < -0.39 is 23.5 Å². The molecule has 1 amide bonds. The monoisotopic (exact) mass is 631 g/mol. The minimum atomic E-state index is -0.976. The normalized spacial score (nSPS) is 14.9. The maximum absolute atomic E-state index is 14.0. The highest BCUT2D eigenvalue weighted by atomic mass is 32.2. The number of fused-ring (bicyclic) bond motifs is 2. The van der Waals surface area contributed by atoms with Crippen molar-refractivity contribution in [3.05, 3.63) is 138 Å². The molecule has 7 rings (SSSR count). The van der Waals surface area contributed by atoms with Crippen molar-refractivity contribution >= 4 is 61.7 Å². The number of amides is 1. The molecule has 0 radical (unpaired) electrons. The molecule has 0 aliphatic carbocycles. The number of anilines is 1.